The first-order chi connectivity index (χ1) is 5.85. The average molecular weight is 154 g/mol. The summed E-state index contributed by atoms with van der Waals surface area (Å²) in [6.07, 6.45) is 8.59. The van der Waals surface area contributed by atoms with E-state index >= 15 is 0 Å². The predicted molar refractivity (Wildman–Crippen MR) is 50.5 cm³/mol. The Hall–Kier alpha value is -0.480. The SMILES string of the molecule is [2H]CCCN(CC#C)CCCC. The van der Waals surface area contributed by atoms with Gasteiger partial charge in [0.05, 0.1) is 6.54 Å². The molecule has 0 aromatic carbocycles. The lowest BCUT2D eigenvalue weighted by atomic mass is 10.3. The Morgan fingerprint density at radius 2 is 2.27 bits per heavy atom. The lowest BCUT2D eigenvalue weighted by Crippen LogP contribution is -2.25. The molecule has 0 aromatic rings. The van der Waals surface area contributed by atoms with E-state index < -0.39 is 0 Å². The number of hydrogen-bond acceptors (Lipinski definition) is 1. The summed E-state index contributed by atoms with van der Waals surface area (Å²) >= 11 is 0. The van der Waals surface area contributed by atoms with E-state index in [0.29, 0.717) is 6.90 Å². The van der Waals surface area contributed by atoms with Gasteiger partial charge in [-0.25, -0.2) is 0 Å². The van der Waals surface area contributed by atoms with Crippen LogP contribution in [0.25, 0.3) is 0 Å². The third-order valence-electron chi connectivity index (χ3n) is 1.62. The molecule has 0 unspecified atom stereocenters. The fraction of sp³-hybridized carbons (Fsp3) is 0.800. The van der Waals surface area contributed by atoms with E-state index in [-0.39, 0.29) is 0 Å². The third kappa shape index (κ3) is 5.94. The van der Waals surface area contributed by atoms with Gasteiger partial charge in [-0.2, -0.15) is 0 Å². The van der Waals surface area contributed by atoms with Crippen LogP contribution >= 0.6 is 0 Å². The zero-order valence-electron chi connectivity index (χ0n) is 8.47. The molecule has 0 radical (unpaired) electrons. The lowest BCUT2D eigenvalue weighted by Gasteiger charge is -2.17. The maximum absolute atomic E-state index is 7.03. The van der Waals surface area contributed by atoms with Crippen molar-refractivity contribution in [3.8, 4) is 12.3 Å². The smallest absolute Gasteiger partial charge is 0.0598 e. The molecule has 0 aromatic heterocycles. The van der Waals surface area contributed by atoms with Crippen molar-refractivity contribution >= 4 is 0 Å². The van der Waals surface area contributed by atoms with E-state index in [0.717, 1.165) is 26.1 Å². The normalized spacial score (nSPS) is 11.2. The average Bonchev–Trinajstić information content (AvgIpc) is 2.10. The summed E-state index contributed by atoms with van der Waals surface area (Å²) in [5.41, 5.74) is 0. The quantitative estimate of drug-likeness (QED) is 0.530. The molecule has 64 valence electrons. The van der Waals surface area contributed by atoms with E-state index in [1.54, 1.807) is 0 Å². The van der Waals surface area contributed by atoms with Crippen molar-refractivity contribution in [2.24, 2.45) is 0 Å². The minimum Gasteiger partial charge on any atom is -0.292 e. The van der Waals surface area contributed by atoms with E-state index in [1.807, 2.05) is 0 Å². The molecule has 1 nitrogen and oxygen atoms in total. The maximum Gasteiger partial charge on any atom is 0.0598 e. The van der Waals surface area contributed by atoms with Gasteiger partial charge in [0.15, 0.2) is 0 Å². The standard InChI is InChI=1S/C10H19N/c1-4-7-10-11(8-5-2)9-6-3/h2H,4,6-10H2,1,3H3/i3D. The molecule has 0 spiro atoms. The Balaban J connectivity index is 3.48. The first-order valence-electron chi connectivity index (χ1n) is 5.01. The summed E-state index contributed by atoms with van der Waals surface area (Å²) in [5, 5.41) is 0. The summed E-state index contributed by atoms with van der Waals surface area (Å²) in [4.78, 5) is 2.25. The second-order valence-corrected chi connectivity index (χ2v) is 2.69. The van der Waals surface area contributed by atoms with Crippen molar-refractivity contribution in [1.82, 2.24) is 4.90 Å². The van der Waals surface area contributed by atoms with Gasteiger partial charge in [0.2, 0.25) is 0 Å². The summed E-state index contributed by atoms with van der Waals surface area (Å²) in [7, 11) is 0. The first-order valence-corrected chi connectivity index (χ1v) is 4.30. The minimum atomic E-state index is 0.507. The molecule has 0 atom stereocenters. The van der Waals surface area contributed by atoms with Crippen molar-refractivity contribution in [3.63, 3.8) is 0 Å². The fourth-order valence-corrected chi connectivity index (χ4v) is 1.00. The molecular weight excluding hydrogens is 134 g/mol. The topological polar surface area (TPSA) is 3.24 Å². The second kappa shape index (κ2) is 7.63. The minimum absolute atomic E-state index is 0.507. The molecule has 0 amide bonds. The molecule has 0 aliphatic rings. The highest BCUT2D eigenvalue weighted by atomic mass is 15.1. The number of hydrogen-bond donors (Lipinski definition) is 0. The molecule has 0 bridgehead atoms. The van der Waals surface area contributed by atoms with Crippen molar-refractivity contribution < 1.29 is 1.37 Å². The first kappa shape index (κ1) is 8.62. The van der Waals surface area contributed by atoms with Crippen LogP contribution in [0.4, 0.5) is 0 Å². The monoisotopic (exact) mass is 154 g/mol. The van der Waals surface area contributed by atoms with Crippen molar-refractivity contribution in [3.05, 3.63) is 0 Å². The Morgan fingerprint density at radius 1 is 1.45 bits per heavy atom. The molecule has 0 rings (SSSR count). The number of rotatable bonds is 6. The van der Waals surface area contributed by atoms with E-state index in [1.165, 1.54) is 12.8 Å². The van der Waals surface area contributed by atoms with Crippen molar-refractivity contribution in [2.75, 3.05) is 19.6 Å². The van der Waals surface area contributed by atoms with Gasteiger partial charge >= 0.3 is 0 Å². The van der Waals surface area contributed by atoms with Gasteiger partial charge in [-0.3, -0.25) is 4.90 Å². The van der Waals surface area contributed by atoms with Crippen LogP contribution in [0.3, 0.4) is 0 Å². The van der Waals surface area contributed by atoms with Crippen LogP contribution in [0, 0.1) is 12.3 Å². The molecule has 0 fully saturated rings. The van der Waals surface area contributed by atoms with Gasteiger partial charge in [0.1, 0.15) is 0 Å². The Labute approximate surface area is 72.2 Å². The summed E-state index contributed by atoms with van der Waals surface area (Å²) in [6, 6.07) is 0. The molecule has 0 saturated carbocycles. The van der Waals surface area contributed by atoms with E-state index in [4.69, 9.17) is 7.79 Å². The Morgan fingerprint density at radius 3 is 2.82 bits per heavy atom. The summed E-state index contributed by atoms with van der Waals surface area (Å²) in [5.74, 6) is 2.65. The van der Waals surface area contributed by atoms with Crippen LogP contribution < -0.4 is 0 Å². The van der Waals surface area contributed by atoms with Gasteiger partial charge in [-0.05, 0) is 25.9 Å². The molecule has 0 heterocycles. The van der Waals surface area contributed by atoms with Gasteiger partial charge < -0.3 is 0 Å². The van der Waals surface area contributed by atoms with E-state index in [9.17, 15) is 0 Å². The Bertz CT molecular complexity index is 120. The van der Waals surface area contributed by atoms with Crippen LogP contribution in [-0.2, 0) is 0 Å². The Kier molecular flexibility index (Phi) is 5.97. The highest BCUT2D eigenvalue weighted by Gasteiger charge is 1.98. The predicted octanol–water partition coefficient (Wildman–Crippen LogP) is 2.13. The molecule has 0 N–H and O–H groups in total. The molecular formula is C10H19N. The van der Waals surface area contributed by atoms with Gasteiger partial charge in [-0.1, -0.05) is 26.2 Å². The number of terminal acetylenes is 1. The van der Waals surface area contributed by atoms with E-state index in [2.05, 4.69) is 17.7 Å². The second-order valence-electron chi connectivity index (χ2n) is 2.69. The van der Waals surface area contributed by atoms with Gasteiger partial charge in [0.25, 0.3) is 0 Å². The number of nitrogens with zero attached hydrogens (tertiary/aromatic N) is 1. The third-order valence-corrected chi connectivity index (χ3v) is 1.62. The molecule has 0 saturated heterocycles. The molecule has 1 heteroatoms. The number of unbranched alkanes of at least 4 members (excludes halogenated alkanes) is 1. The zero-order chi connectivity index (χ0) is 9.23. The van der Waals surface area contributed by atoms with Gasteiger partial charge in [0, 0.05) is 1.37 Å². The van der Waals surface area contributed by atoms with Crippen LogP contribution in [0.2, 0.25) is 0 Å². The molecule has 0 aliphatic heterocycles. The summed E-state index contributed by atoms with van der Waals surface area (Å²) in [6.45, 7) is 5.49. The van der Waals surface area contributed by atoms with Crippen molar-refractivity contribution in [1.29, 1.82) is 0 Å². The lowest BCUT2D eigenvalue weighted by molar-refractivity contribution is 0.302. The van der Waals surface area contributed by atoms with Crippen LogP contribution in [0.1, 0.15) is 34.5 Å². The van der Waals surface area contributed by atoms with Crippen molar-refractivity contribution in [2.45, 2.75) is 33.1 Å². The van der Waals surface area contributed by atoms with Crippen LogP contribution in [0.15, 0.2) is 0 Å². The maximum atomic E-state index is 7.03. The fourth-order valence-electron chi connectivity index (χ4n) is 1.00. The largest absolute Gasteiger partial charge is 0.292 e. The molecule has 11 heavy (non-hydrogen) atoms. The highest BCUT2D eigenvalue weighted by molar-refractivity contribution is 4.87. The highest BCUT2D eigenvalue weighted by Crippen LogP contribution is 1.95. The van der Waals surface area contributed by atoms with Gasteiger partial charge in [-0.15, -0.1) is 6.42 Å². The zero-order valence-corrected chi connectivity index (χ0v) is 7.47. The molecule has 0 aliphatic carbocycles. The van der Waals surface area contributed by atoms with Crippen LogP contribution in [-0.4, -0.2) is 24.5 Å². The summed E-state index contributed by atoms with van der Waals surface area (Å²) < 4.78 is 7.03. The van der Waals surface area contributed by atoms with Crippen LogP contribution in [0.5, 0.6) is 0 Å².